The third kappa shape index (κ3) is 74.6. The highest BCUT2D eigenvalue weighted by Crippen LogP contribution is 2.13. The summed E-state index contributed by atoms with van der Waals surface area (Å²) in [6.45, 7) is 22.2. The molecule has 0 aromatic rings. The molecule has 0 aliphatic carbocycles. The Balaban J connectivity index is 0.0000124. The van der Waals surface area contributed by atoms with Crippen LogP contribution in [0.1, 0.15) is 12.8 Å². The number of imide groups is 1. The number of nitrogens with two attached hydrogens (primary N) is 1. The molecule has 1 aliphatic heterocycles. The highest BCUT2D eigenvalue weighted by atomic mass is 19.4. The number of alkyl halides is 3. The fourth-order valence-electron chi connectivity index (χ4n) is 6.61. The van der Waals surface area contributed by atoms with Gasteiger partial charge in [0.2, 0.25) is 11.8 Å². The molecule has 97 heavy (non-hydrogen) atoms. The number of carboxylic acids is 1. The maximum Gasteiger partial charge on any atom is 0.490 e. The normalized spacial score (nSPS) is 12.3. The van der Waals surface area contributed by atoms with Crippen LogP contribution in [0.15, 0.2) is 12.2 Å². The highest BCUT2D eigenvalue weighted by molar-refractivity contribution is 6.13. The van der Waals surface area contributed by atoms with E-state index in [4.69, 9.17) is 129 Å². The number of halogens is 3. The standard InChI is InChI=1S/C58H110N4O28.C2HF3O2/c59-61-56(64)4-7-67-9-11-69-13-15-71-17-19-73-21-23-75-25-27-77-29-31-79-33-35-81-37-39-83-41-43-85-45-47-87-49-51-89-53-54-90-52-50-88-48-46-86-44-42-84-40-38-82-36-34-80-32-30-78-28-26-76-24-22-74-20-18-72-16-14-70-12-10-68-8-5-60-55(63)3-6-62-57(65)1-2-58(62)66;3-2(4,5)1(6)7/h1-2H,3-54,59H2,(H,60,63)(H,61,64);(H,6,7). The maximum absolute atomic E-state index is 11.8. The van der Waals surface area contributed by atoms with Crippen LogP contribution in [0.3, 0.4) is 0 Å². The fourth-order valence-corrected chi connectivity index (χ4v) is 6.61. The zero-order valence-electron chi connectivity index (χ0n) is 56.4. The molecule has 1 heterocycles. The van der Waals surface area contributed by atoms with Crippen LogP contribution in [0.2, 0.25) is 0 Å². The first-order valence-electron chi connectivity index (χ1n) is 32.4. The van der Waals surface area contributed by atoms with Crippen molar-refractivity contribution in [3.05, 3.63) is 12.2 Å². The van der Waals surface area contributed by atoms with Gasteiger partial charge < -0.3 is 124 Å². The average molecular weight is 1430 g/mol. The summed E-state index contributed by atoms with van der Waals surface area (Å²) in [6, 6.07) is 0. The second-order valence-corrected chi connectivity index (χ2v) is 19.1. The van der Waals surface area contributed by atoms with Gasteiger partial charge in [-0.3, -0.25) is 29.5 Å². The molecule has 0 saturated carbocycles. The number of carboxylic acid groups (broad SMARTS) is 1. The molecule has 572 valence electrons. The molecule has 5 N–H and O–H groups in total. The molecule has 0 saturated heterocycles. The van der Waals surface area contributed by atoms with Crippen molar-refractivity contribution >= 4 is 29.6 Å². The number of nitrogens with zero attached hydrogens (tertiary/aromatic N) is 1. The molecule has 0 atom stereocenters. The van der Waals surface area contributed by atoms with Crippen LogP contribution in [-0.4, -0.2) is 376 Å². The Morgan fingerprint density at radius 2 is 0.474 bits per heavy atom. The van der Waals surface area contributed by atoms with Crippen molar-refractivity contribution < 1.29 is 156 Å². The van der Waals surface area contributed by atoms with Gasteiger partial charge in [0, 0.05) is 31.7 Å². The van der Waals surface area contributed by atoms with E-state index in [1.54, 1.807) is 0 Å². The minimum absolute atomic E-state index is 0.0437. The zero-order chi connectivity index (χ0) is 70.5. The minimum Gasteiger partial charge on any atom is -0.475 e. The molecule has 0 radical (unpaired) electrons. The van der Waals surface area contributed by atoms with Crippen molar-refractivity contribution in [3.8, 4) is 0 Å². The number of carbonyl (C=O) groups excluding carboxylic acids is 4. The number of nitrogens with one attached hydrogen (secondary N) is 2. The Morgan fingerprint density at radius 1 is 0.309 bits per heavy atom. The zero-order valence-corrected chi connectivity index (χ0v) is 56.4. The average Bonchev–Trinajstić information content (AvgIpc) is 1.80. The van der Waals surface area contributed by atoms with E-state index < -0.39 is 24.0 Å². The lowest BCUT2D eigenvalue weighted by atomic mass is 10.3. The SMILES string of the molecule is NNC(=O)CCOCCOCCOCCOCCOCCOCCOCCOCCOCCOCCOCCOCCOCCOCCOCCOCCOCCOCCOCCOCCOCCOCCOCCOCCNC(=O)CCN1C(=O)C=CC1=O.O=C(O)C(F)(F)F. The van der Waals surface area contributed by atoms with Gasteiger partial charge in [0.05, 0.1) is 324 Å². The van der Waals surface area contributed by atoms with Gasteiger partial charge in [0.15, 0.2) is 0 Å². The number of carbonyl (C=O) groups is 5. The Labute approximate surface area is 567 Å². The summed E-state index contributed by atoms with van der Waals surface area (Å²) < 4.78 is 163. The Hall–Kier alpha value is -3.92. The largest absolute Gasteiger partial charge is 0.490 e. The van der Waals surface area contributed by atoms with E-state index in [0.717, 1.165) is 4.90 Å². The lowest BCUT2D eigenvalue weighted by molar-refractivity contribution is -0.192. The number of hydrogen-bond acceptors (Lipinski definition) is 30. The van der Waals surface area contributed by atoms with Crippen molar-refractivity contribution in [1.29, 1.82) is 0 Å². The maximum atomic E-state index is 11.8. The molecule has 4 amide bonds. The summed E-state index contributed by atoms with van der Waals surface area (Å²) >= 11 is 0. The molecule has 0 fully saturated rings. The lowest BCUT2D eigenvalue weighted by Crippen LogP contribution is -2.35. The van der Waals surface area contributed by atoms with Crippen molar-refractivity contribution in [2.24, 2.45) is 5.84 Å². The molecule has 37 heteroatoms. The third-order valence-electron chi connectivity index (χ3n) is 11.5. The summed E-state index contributed by atoms with van der Waals surface area (Å²) in [5.41, 5.74) is 2.04. The molecular weight excluding hydrogens is 1310 g/mol. The van der Waals surface area contributed by atoms with Gasteiger partial charge >= 0.3 is 12.1 Å². The Bertz CT molecular complexity index is 1770. The molecule has 0 bridgehead atoms. The van der Waals surface area contributed by atoms with Crippen LogP contribution >= 0.6 is 0 Å². The van der Waals surface area contributed by atoms with Crippen LogP contribution in [-0.2, 0) is 138 Å². The summed E-state index contributed by atoms with van der Waals surface area (Å²) in [6.07, 6.45) is -2.44. The summed E-state index contributed by atoms with van der Waals surface area (Å²) in [4.78, 5) is 55.7. The number of ether oxygens (including phenoxy) is 24. The lowest BCUT2D eigenvalue weighted by Gasteiger charge is -2.13. The molecule has 1 rings (SSSR count). The number of rotatable bonds is 78. The molecule has 1 aliphatic rings. The van der Waals surface area contributed by atoms with Crippen LogP contribution < -0.4 is 16.6 Å². The van der Waals surface area contributed by atoms with Crippen molar-refractivity contribution in [2.75, 3.05) is 330 Å². The second kappa shape index (κ2) is 76.3. The van der Waals surface area contributed by atoms with Gasteiger partial charge in [0.1, 0.15) is 0 Å². The van der Waals surface area contributed by atoms with Gasteiger partial charge in [-0.25, -0.2) is 10.6 Å². The second-order valence-electron chi connectivity index (χ2n) is 19.1. The van der Waals surface area contributed by atoms with E-state index >= 15 is 0 Å². The smallest absolute Gasteiger partial charge is 0.475 e. The van der Waals surface area contributed by atoms with E-state index in [1.807, 2.05) is 5.43 Å². The number of amides is 4. The highest BCUT2D eigenvalue weighted by Gasteiger charge is 2.38. The van der Waals surface area contributed by atoms with Crippen LogP contribution in [0.25, 0.3) is 0 Å². The number of hydrazine groups is 1. The number of aliphatic carboxylic acids is 1. The Morgan fingerprint density at radius 3 is 0.639 bits per heavy atom. The van der Waals surface area contributed by atoms with E-state index in [0.29, 0.717) is 324 Å². The summed E-state index contributed by atoms with van der Waals surface area (Å²) in [5, 5.41) is 9.81. The van der Waals surface area contributed by atoms with Crippen molar-refractivity contribution in [3.63, 3.8) is 0 Å². The summed E-state index contributed by atoms with van der Waals surface area (Å²) in [5.74, 6) is 0.901. The molecule has 0 spiro atoms. The Kier molecular flexibility index (Phi) is 73.2. The van der Waals surface area contributed by atoms with Gasteiger partial charge in [0.25, 0.3) is 11.8 Å². The molecule has 0 unspecified atom stereocenters. The molecule has 0 aromatic heterocycles. The monoisotopic (exact) mass is 1420 g/mol. The van der Waals surface area contributed by atoms with Gasteiger partial charge in [-0.05, 0) is 0 Å². The van der Waals surface area contributed by atoms with Crippen LogP contribution in [0.4, 0.5) is 13.2 Å². The first kappa shape index (κ1) is 93.1. The predicted octanol–water partition coefficient (Wildman–Crippen LogP) is -1.17. The van der Waals surface area contributed by atoms with Gasteiger partial charge in [-0.2, -0.15) is 13.2 Å². The molecule has 0 aromatic carbocycles. The summed E-state index contributed by atoms with van der Waals surface area (Å²) in [7, 11) is 0. The molecule has 34 nitrogen and oxygen atoms in total. The topological polar surface area (TPSA) is 380 Å². The van der Waals surface area contributed by atoms with Crippen LogP contribution in [0.5, 0.6) is 0 Å². The van der Waals surface area contributed by atoms with Crippen LogP contribution in [0, 0.1) is 0 Å². The third-order valence-corrected chi connectivity index (χ3v) is 11.5. The van der Waals surface area contributed by atoms with E-state index in [-0.39, 0.29) is 31.2 Å². The van der Waals surface area contributed by atoms with E-state index in [2.05, 4.69) is 5.32 Å². The van der Waals surface area contributed by atoms with Gasteiger partial charge in [-0.1, -0.05) is 0 Å². The fraction of sp³-hybridized carbons (Fsp3) is 0.883. The quantitative estimate of drug-likeness (QED) is 0.0183. The minimum atomic E-state index is -5.08. The van der Waals surface area contributed by atoms with E-state index in [1.165, 1.54) is 12.2 Å². The first-order valence-corrected chi connectivity index (χ1v) is 32.4. The van der Waals surface area contributed by atoms with E-state index in [9.17, 15) is 32.3 Å². The molecular formula is C60H111F3N4O30. The number of hydrogen-bond donors (Lipinski definition) is 4. The predicted molar refractivity (Wildman–Crippen MR) is 334 cm³/mol. The van der Waals surface area contributed by atoms with Crippen molar-refractivity contribution in [2.45, 2.75) is 19.0 Å². The van der Waals surface area contributed by atoms with Crippen molar-refractivity contribution in [1.82, 2.24) is 15.6 Å². The first-order chi connectivity index (χ1) is 47.5. The van der Waals surface area contributed by atoms with Gasteiger partial charge in [-0.15, -0.1) is 0 Å².